The molecular formula is C19H19FN4O. The van der Waals surface area contributed by atoms with Crippen molar-refractivity contribution < 1.29 is 9.18 Å². The molecule has 0 saturated heterocycles. The monoisotopic (exact) mass is 338 g/mol. The van der Waals surface area contributed by atoms with Crippen molar-refractivity contribution >= 4 is 22.7 Å². The van der Waals surface area contributed by atoms with Gasteiger partial charge in [0, 0.05) is 17.7 Å². The number of aromatic nitrogens is 2. The number of hydrogen-bond donors (Lipinski definition) is 1. The number of carbonyl (C=O) groups is 1. The standard InChI is InChI=1S/C19H19FN4O/c1-4-24-13(3)21-17-11-14(9-10-18(17)24)19(25)23-22-12(2)15-7-5-6-8-16(15)20/h5-11H,4H2,1-3H3,(H,23,25)/b22-12-. The van der Waals surface area contributed by atoms with E-state index in [9.17, 15) is 9.18 Å². The number of carbonyl (C=O) groups excluding carboxylic acids is 1. The zero-order valence-corrected chi connectivity index (χ0v) is 14.4. The smallest absolute Gasteiger partial charge is 0.271 e. The number of halogens is 1. The number of rotatable bonds is 4. The Balaban J connectivity index is 1.83. The van der Waals surface area contributed by atoms with Crippen LogP contribution in [0.2, 0.25) is 0 Å². The number of nitrogens with zero attached hydrogens (tertiary/aromatic N) is 3. The van der Waals surface area contributed by atoms with Crippen LogP contribution in [0.3, 0.4) is 0 Å². The van der Waals surface area contributed by atoms with Crippen molar-refractivity contribution in [2.45, 2.75) is 27.3 Å². The van der Waals surface area contributed by atoms with Gasteiger partial charge in [-0.05, 0) is 45.0 Å². The van der Waals surface area contributed by atoms with Crippen LogP contribution in [-0.4, -0.2) is 21.2 Å². The zero-order valence-electron chi connectivity index (χ0n) is 14.4. The summed E-state index contributed by atoms with van der Waals surface area (Å²) >= 11 is 0. The highest BCUT2D eigenvalue weighted by Crippen LogP contribution is 2.17. The van der Waals surface area contributed by atoms with Gasteiger partial charge in [0.15, 0.2) is 0 Å². The predicted molar refractivity (Wildman–Crippen MR) is 96.2 cm³/mol. The summed E-state index contributed by atoms with van der Waals surface area (Å²) in [6, 6.07) is 11.7. The van der Waals surface area contributed by atoms with Crippen LogP contribution in [0.1, 0.15) is 35.6 Å². The van der Waals surface area contributed by atoms with E-state index in [2.05, 4.69) is 27.0 Å². The van der Waals surface area contributed by atoms with Crippen LogP contribution >= 0.6 is 0 Å². The van der Waals surface area contributed by atoms with Gasteiger partial charge < -0.3 is 4.57 Å². The molecule has 1 amide bonds. The lowest BCUT2D eigenvalue weighted by Gasteiger charge is -2.05. The number of benzene rings is 2. The summed E-state index contributed by atoms with van der Waals surface area (Å²) in [5, 5.41) is 4.00. The lowest BCUT2D eigenvalue weighted by Crippen LogP contribution is -2.19. The minimum atomic E-state index is -0.375. The maximum absolute atomic E-state index is 13.7. The third-order valence-corrected chi connectivity index (χ3v) is 4.11. The minimum absolute atomic E-state index is 0.357. The summed E-state index contributed by atoms with van der Waals surface area (Å²) in [5.41, 5.74) is 5.44. The van der Waals surface area contributed by atoms with E-state index in [-0.39, 0.29) is 11.7 Å². The highest BCUT2D eigenvalue weighted by Gasteiger charge is 2.11. The minimum Gasteiger partial charge on any atom is -0.329 e. The van der Waals surface area contributed by atoms with E-state index in [1.165, 1.54) is 6.07 Å². The lowest BCUT2D eigenvalue weighted by atomic mass is 10.1. The number of amides is 1. The molecule has 3 rings (SSSR count). The summed E-state index contributed by atoms with van der Waals surface area (Å²) in [5.74, 6) is 0.171. The molecule has 0 fully saturated rings. The van der Waals surface area contributed by atoms with E-state index >= 15 is 0 Å². The maximum Gasteiger partial charge on any atom is 0.271 e. The van der Waals surface area contributed by atoms with Crippen molar-refractivity contribution in [1.29, 1.82) is 0 Å². The van der Waals surface area contributed by atoms with Crippen LogP contribution in [0.5, 0.6) is 0 Å². The third-order valence-electron chi connectivity index (χ3n) is 4.11. The summed E-state index contributed by atoms with van der Waals surface area (Å²) < 4.78 is 15.8. The fourth-order valence-electron chi connectivity index (χ4n) is 2.80. The molecule has 1 aromatic heterocycles. The van der Waals surface area contributed by atoms with Crippen molar-refractivity contribution in [3.05, 3.63) is 65.2 Å². The molecule has 0 spiro atoms. The first-order chi connectivity index (χ1) is 12.0. The first-order valence-corrected chi connectivity index (χ1v) is 8.07. The molecule has 0 unspecified atom stereocenters. The van der Waals surface area contributed by atoms with Crippen molar-refractivity contribution in [3.63, 3.8) is 0 Å². The van der Waals surface area contributed by atoms with E-state index in [1.807, 2.05) is 13.0 Å². The third kappa shape index (κ3) is 3.28. The van der Waals surface area contributed by atoms with Gasteiger partial charge in [-0.1, -0.05) is 18.2 Å². The SMILES string of the molecule is CCn1c(C)nc2cc(C(=O)N/N=C(/C)c3ccccc3F)ccc21. The number of aryl methyl sites for hydroxylation is 2. The molecule has 0 aliphatic carbocycles. The van der Waals surface area contributed by atoms with Gasteiger partial charge in [0.1, 0.15) is 11.6 Å². The van der Waals surface area contributed by atoms with E-state index in [4.69, 9.17) is 0 Å². The molecule has 6 heteroatoms. The molecule has 0 atom stereocenters. The van der Waals surface area contributed by atoms with Gasteiger partial charge in [0.05, 0.1) is 16.7 Å². The molecule has 0 bridgehead atoms. The number of hydrogen-bond acceptors (Lipinski definition) is 3. The van der Waals surface area contributed by atoms with Gasteiger partial charge in [0.25, 0.3) is 5.91 Å². The highest BCUT2D eigenvalue weighted by atomic mass is 19.1. The van der Waals surface area contributed by atoms with E-state index in [0.29, 0.717) is 16.8 Å². The van der Waals surface area contributed by atoms with Crippen LogP contribution in [0, 0.1) is 12.7 Å². The van der Waals surface area contributed by atoms with E-state index < -0.39 is 0 Å². The quantitative estimate of drug-likeness (QED) is 0.583. The largest absolute Gasteiger partial charge is 0.329 e. The van der Waals surface area contributed by atoms with Gasteiger partial charge in [-0.15, -0.1) is 0 Å². The second-order valence-corrected chi connectivity index (χ2v) is 5.72. The van der Waals surface area contributed by atoms with Crippen LogP contribution in [-0.2, 0) is 6.54 Å². The molecule has 0 aliphatic heterocycles. The molecule has 0 saturated carbocycles. The zero-order chi connectivity index (χ0) is 18.0. The Kier molecular flexibility index (Phi) is 4.61. The summed E-state index contributed by atoms with van der Waals surface area (Å²) in [6.07, 6.45) is 0. The Labute approximate surface area is 145 Å². The molecule has 0 aliphatic rings. The van der Waals surface area contributed by atoms with Gasteiger partial charge in [0.2, 0.25) is 0 Å². The Hall–Kier alpha value is -3.02. The Morgan fingerprint density at radius 3 is 2.76 bits per heavy atom. The molecule has 128 valence electrons. The fourth-order valence-corrected chi connectivity index (χ4v) is 2.80. The lowest BCUT2D eigenvalue weighted by molar-refractivity contribution is 0.0955. The predicted octanol–water partition coefficient (Wildman–Crippen LogP) is 3.66. The van der Waals surface area contributed by atoms with Crippen molar-refractivity contribution in [1.82, 2.24) is 15.0 Å². The fraction of sp³-hybridized carbons (Fsp3) is 0.211. The van der Waals surface area contributed by atoms with Crippen LogP contribution in [0.4, 0.5) is 4.39 Å². The molecule has 1 heterocycles. The molecule has 5 nitrogen and oxygen atoms in total. The van der Waals surface area contributed by atoms with Crippen molar-refractivity contribution in [3.8, 4) is 0 Å². The molecular weight excluding hydrogens is 319 g/mol. The first kappa shape index (κ1) is 16.8. The molecule has 2 aromatic carbocycles. The summed E-state index contributed by atoms with van der Waals surface area (Å²) in [4.78, 5) is 16.8. The topological polar surface area (TPSA) is 59.3 Å². The maximum atomic E-state index is 13.7. The van der Waals surface area contributed by atoms with Crippen molar-refractivity contribution in [2.24, 2.45) is 5.10 Å². The van der Waals surface area contributed by atoms with Gasteiger partial charge >= 0.3 is 0 Å². The van der Waals surface area contributed by atoms with Gasteiger partial charge in [-0.2, -0.15) is 5.10 Å². The summed E-state index contributed by atoms with van der Waals surface area (Å²) in [6.45, 7) is 6.45. The van der Waals surface area contributed by atoms with E-state index in [1.54, 1.807) is 37.3 Å². The number of hydrazone groups is 1. The van der Waals surface area contributed by atoms with Gasteiger partial charge in [-0.3, -0.25) is 4.79 Å². The number of imidazole rings is 1. The van der Waals surface area contributed by atoms with Crippen molar-refractivity contribution in [2.75, 3.05) is 0 Å². The molecule has 25 heavy (non-hydrogen) atoms. The molecule has 0 radical (unpaired) electrons. The Bertz CT molecular complexity index is 975. The number of nitrogens with one attached hydrogen (secondary N) is 1. The first-order valence-electron chi connectivity index (χ1n) is 8.07. The second-order valence-electron chi connectivity index (χ2n) is 5.72. The molecule has 1 N–H and O–H groups in total. The average molecular weight is 338 g/mol. The second kappa shape index (κ2) is 6.84. The summed E-state index contributed by atoms with van der Waals surface area (Å²) in [7, 11) is 0. The van der Waals surface area contributed by atoms with Crippen LogP contribution in [0.25, 0.3) is 11.0 Å². The van der Waals surface area contributed by atoms with Crippen LogP contribution in [0.15, 0.2) is 47.6 Å². The highest BCUT2D eigenvalue weighted by molar-refractivity contribution is 6.01. The van der Waals surface area contributed by atoms with Crippen LogP contribution < -0.4 is 5.43 Å². The Morgan fingerprint density at radius 2 is 2.04 bits per heavy atom. The average Bonchev–Trinajstić information content (AvgIpc) is 2.93. The van der Waals surface area contributed by atoms with Gasteiger partial charge in [-0.25, -0.2) is 14.8 Å². The number of fused-ring (bicyclic) bond motifs is 1. The Morgan fingerprint density at radius 1 is 1.28 bits per heavy atom. The normalized spacial score (nSPS) is 11.8. The molecule has 3 aromatic rings. The van der Waals surface area contributed by atoms with E-state index in [0.717, 1.165) is 23.4 Å².